The van der Waals surface area contributed by atoms with Gasteiger partial charge in [0, 0.05) is 18.3 Å². The molecule has 0 saturated heterocycles. The average molecular weight is 178 g/mol. The third-order valence-electron chi connectivity index (χ3n) is 1.62. The Morgan fingerprint density at radius 3 is 2.31 bits per heavy atom. The van der Waals surface area contributed by atoms with Crippen LogP contribution in [-0.4, -0.2) is 11.5 Å². The summed E-state index contributed by atoms with van der Waals surface area (Å²) in [5, 5.41) is 0. The smallest absolute Gasteiger partial charge is 0.128 e. The van der Waals surface area contributed by atoms with E-state index in [9.17, 15) is 0 Å². The molecule has 0 aliphatic rings. The molecule has 0 aromatic heterocycles. The Kier molecular flexibility index (Phi) is 5.77. The van der Waals surface area contributed by atoms with Crippen LogP contribution in [0.2, 0.25) is 0 Å². The van der Waals surface area contributed by atoms with E-state index in [0.29, 0.717) is 5.92 Å². The van der Waals surface area contributed by atoms with Gasteiger partial charge < -0.3 is 0 Å². The maximum Gasteiger partial charge on any atom is 0.128 e. The molecule has 0 N–H and O–H groups in total. The molecule has 0 bridgehead atoms. The van der Waals surface area contributed by atoms with Crippen LogP contribution in [-0.2, 0) is 0 Å². The van der Waals surface area contributed by atoms with E-state index in [4.69, 9.17) is 0 Å². The Bertz CT molecular complexity index is 234. The number of nitrogens with zero attached hydrogens (tertiary/aromatic N) is 2. The van der Waals surface area contributed by atoms with Crippen molar-refractivity contribution in [3.8, 4) is 0 Å². The van der Waals surface area contributed by atoms with Crippen LogP contribution >= 0.6 is 0 Å². The van der Waals surface area contributed by atoms with Gasteiger partial charge in [0.1, 0.15) is 5.84 Å². The van der Waals surface area contributed by atoms with E-state index in [1.165, 1.54) is 6.20 Å². The average Bonchev–Trinajstić information content (AvgIpc) is 2.11. The normalized spacial score (nSPS) is 13.2. The van der Waals surface area contributed by atoms with Crippen molar-refractivity contribution >= 4 is 11.5 Å². The molecule has 0 rings (SSSR count). The van der Waals surface area contributed by atoms with Gasteiger partial charge in [0.15, 0.2) is 0 Å². The van der Waals surface area contributed by atoms with Crippen molar-refractivity contribution in [1.82, 2.24) is 0 Å². The molecule has 0 unspecified atom stereocenters. The highest BCUT2D eigenvalue weighted by molar-refractivity contribution is 6.04. The van der Waals surface area contributed by atoms with Crippen molar-refractivity contribution < 1.29 is 0 Å². The summed E-state index contributed by atoms with van der Waals surface area (Å²) in [7, 11) is 0. The Labute approximate surface area is 80.8 Å². The number of amidine groups is 1. The number of rotatable bonds is 4. The lowest BCUT2D eigenvalue weighted by Gasteiger charge is -2.04. The van der Waals surface area contributed by atoms with Crippen molar-refractivity contribution in [2.75, 3.05) is 0 Å². The lowest BCUT2D eigenvalue weighted by molar-refractivity contribution is 0.890. The third kappa shape index (κ3) is 4.41. The second kappa shape index (κ2) is 6.35. The van der Waals surface area contributed by atoms with Gasteiger partial charge in [0.2, 0.25) is 0 Å². The first-order valence-corrected chi connectivity index (χ1v) is 4.54. The van der Waals surface area contributed by atoms with Crippen LogP contribution in [0.25, 0.3) is 0 Å². The van der Waals surface area contributed by atoms with Crippen molar-refractivity contribution in [2.24, 2.45) is 15.9 Å². The molecule has 2 nitrogen and oxygen atoms in total. The van der Waals surface area contributed by atoms with Crippen LogP contribution < -0.4 is 0 Å². The Hall–Kier alpha value is -1.18. The maximum absolute atomic E-state index is 4.38. The summed E-state index contributed by atoms with van der Waals surface area (Å²) in [6, 6.07) is 0. The van der Waals surface area contributed by atoms with E-state index < -0.39 is 0 Å². The van der Waals surface area contributed by atoms with Gasteiger partial charge >= 0.3 is 0 Å². The van der Waals surface area contributed by atoms with E-state index in [-0.39, 0.29) is 0 Å². The fraction of sp³-hybridized carbons (Fsp3) is 0.455. The van der Waals surface area contributed by atoms with Crippen LogP contribution in [0.1, 0.15) is 27.2 Å². The van der Waals surface area contributed by atoms with Gasteiger partial charge in [0.25, 0.3) is 0 Å². The molecular formula is C11H18N2. The van der Waals surface area contributed by atoms with Crippen LogP contribution in [0.15, 0.2) is 35.4 Å². The second-order valence-corrected chi connectivity index (χ2v) is 2.98. The maximum atomic E-state index is 4.38. The number of allylic oxidation sites excluding steroid dienone is 1. The highest BCUT2D eigenvalue weighted by Crippen LogP contribution is 2.01. The second-order valence-electron chi connectivity index (χ2n) is 2.98. The monoisotopic (exact) mass is 178 g/mol. The molecular weight excluding hydrogens is 160 g/mol. The summed E-state index contributed by atoms with van der Waals surface area (Å²) in [5.74, 6) is 1.19. The highest BCUT2D eigenvalue weighted by atomic mass is 14.9. The standard InChI is InChI=1S/C11H18N2/c1-6-10(9(4)5)13-11(7-2)12-8-3/h6,8-9H,1,3,7H2,2,4-5H3. The zero-order valence-corrected chi connectivity index (χ0v) is 8.75. The van der Waals surface area contributed by atoms with E-state index in [2.05, 4.69) is 37.0 Å². The zero-order chi connectivity index (χ0) is 10.3. The van der Waals surface area contributed by atoms with E-state index in [1.807, 2.05) is 6.92 Å². The highest BCUT2D eigenvalue weighted by Gasteiger charge is 2.01. The Morgan fingerprint density at radius 1 is 1.38 bits per heavy atom. The SMILES string of the molecule is C=CN=C(CC)N=C(C=C)C(C)C. The number of hydrogen-bond acceptors (Lipinski definition) is 1. The zero-order valence-electron chi connectivity index (χ0n) is 8.75. The lowest BCUT2D eigenvalue weighted by Crippen LogP contribution is -2.06. The summed E-state index contributed by atoms with van der Waals surface area (Å²) in [6.45, 7) is 13.5. The predicted molar refractivity (Wildman–Crippen MR) is 60.4 cm³/mol. The minimum absolute atomic E-state index is 0.388. The fourth-order valence-corrected chi connectivity index (χ4v) is 0.864. The summed E-state index contributed by atoms with van der Waals surface area (Å²) in [6.07, 6.45) is 4.11. The minimum Gasteiger partial charge on any atom is -0.242 e. The van der Waals surface area contributed by atoms with E-state index in [1.54, 1.807) is 6.08 Å². The molecule has 0 aliphatic heterocycles. The molecule has 0 spiro atoms. The van der Waals surface area contributed by atoms with Crippen molar-refractivity contribution in [3.63, 3.8) is 0 Å². The largest absolute Gasteiger partial charge is 0.242 e. The van der Waals surface area contributed by atoms with Crippen molar-refractivity contribution in [3.05, 3.63) is 25.4 Å². The molecule has 2 heteroatoms. The van der Waals surface area contributed by atoms with Crippen LogP contribution in [0.4, 0.5) is 0 Å². The van der Waals surface area contributed by atoms with Crippen LogP contribution in [0.5, 0.6) is 0 Å². The Morgan fingerprint density at radius 2 is 2.00 bits per heavy atom. The van der Waals surface area contributed by atoms with Gasteiger partial charge in [-0.3, -0.25) is 0 Å². The predicted octanol–water partition coefficient (Wildman–Crippen LogP) is 3.22. The number of aliphatic imine (C=N–C) groups is 2. The molecule has 0 aromatic rings. The van der Waals surface area contributed by atoms with Gasteiger partial charge in [-0.1, -0.05) is 33.9 Å². The first-order chi connectivity index (χ1) is 6.15. The van der Waals surface area contributed by atoms with E-state index >= 15 is 0 Å². The Balaban J connectivity index is 4.74. The quantitative estimate of drug-likeness (QED) is 0.466. The third-order valence-corrected chi connectivity index (χ3v) is 1.62. The molecule has 0 amide bonds. The number of hydrogen-bond donors (Lipinski definition) is 0. The molecule has 0 atom stereocenters. The first-order valence-electron chi connectivity index (χ1n) is 4.54. The van der Waals surface area contributed by atoms with Crippen molar-refractivity contribution in [2.45, 2.75) is 27.2 Å². The fourth-order valence-electron chi connectivity index (χ4n) is 0.864. The molecule has 0 saturated carbocycles. The summed E-state index contributed by atoms with van der Waals surface area (Å²) in [4.78, 5) is 8.44. The molecule has 72 valence electrons. The molecule has 0 radical (unpaired) electrons. The summed E-state index contributed by atoms with van der Waals surface area (Å²) >= 11 is 0. The first kappa shape index (κ1) is 11.8. The van der Waals surface area contributed by atoms with E-state index in [0.717, 1.165) is 18.0 Å². The summed E-state index contributed by atoms with van der Waals surface area (Å²) < 4.78 is 0. The molecule has 0 fully saturated rings. The molecule has 0 aromatic carbocycles. The molecule has 0 aliphatic carbocycles. The van der Waals surface area contributed by atoms with Gasteiger partial charge in [-0.05, 0) is 12.0 Å². The topological polar surface area (TPSA) is 24.7 Å². The molecule has 13 heavy (non-hydrogen) atoms. The lowest BCUT2D eigenvalue weighted by atomic mass is 10.1. The van der Waals surface area contributed by atoms with Crippen LogP contribution in [0.3, 0.4) is 0 Å². The minimum atomic E-state index is 0.388. The van der Waals surface area contributed by atoms with Gasteiger partial charge in [-0.15, -0.1) is 0 Å². The van der Waals surface area contributed by atoms with Gasteiger partial charge in [-0.2, -0.15) is 0 Å². The van der Waals surface area contributed by atoms with Crippen molar-refractivity contribution in [1.29, 1.82) is 0 Å². The summed E-state index contributed by atoms with van der Waals surface area (Å²) in [5.41, 5.74) is 0.974. The molecule has 0 heterocycles. The van der Waals surface area contributed by atoms with Gasteiger partial charge in [0.05, 0.1) is 0 Å². The van der Waals surface area contributed by atoms with Gasteiger partial charge in [-0.25, -0.2) is 9.98 Å². The van der Waals surface area contributed by atoms with Crippen LogP contribution in [0, 0.1) is 5.92 Å².